The van der Waals surface area contributed by atoms with E-state index in [1.807, 2.05) is 4.57 Å². The molecular weight excluding hydrogens is 244 g/mol. The molecule has 0 radical (unpaired) electrons. The second-order valence-corrected chi connectivity index (χ2v) is 4.18. The molecule has 19 heavy (non-hydrogen) atoms. The number of hydrogen-bond acceptors (Lipinski definition) is 4. The normalized spacial score (nSPS) is 11.6. The van der Waals surface area contributed by atoms with Gasteiger partial charge in [0, 0.05) is 40.4 Å². The number of aryl methyl sites for hydroxylation is 1. The number of unbranched alkanes of at least 4 members (excludes halogenated alkanes) is 1. The van der Waals surface area contributed by atoms with Gasteiger partial charge < -0.3 is 19.9 Å². The van der Waals surface area contributed by atoms with Gasteiger partial charge in [-0.2, -0.15) is 0 Å². The van der Waals surface area contributed by atoms with Gasteiger partial charge in [0.05, 0.1) is 0 Å². The summed E-state index contributed by atoms with van der Waals surface area (Å²) < 4.78 is 6.98. The lowest BCUT2D eigenvalue weighted by atomic mass is 10.3. The highest BCUT2D eigenvalue weighted by Crippen LogP contribution is 1.92. The fourth-order valence-corrected chi connectivity index (χ4v) is 1.61. The Labute approximate surface area is 114 Å². The lowest BCUT2D eigenvalue weighted by Crippen LogP contribution is -2.38. The summed E-state index contributed by atoms with van der Waals surface area (Å²) in [6.45, 7) is 3.50. The quantitative estimate of drug-likeness (QED) is 0.382. The van der Waals surface area contributed by atoms with E-state index in [-0.39, 0.29) is 0 Å². The molecule has 108 valence electrons. The summed E-state index contributed by atoms with van der Waals surface area (Å²) in [6.07, 6.45) is 6.63. The van der Waals surface area contributed by atoms with Crippen LogP contribution in [-0.2, 0) is 11.3 Å². The molecule has 0 saturated carbocycles. The number of nitrogens with zero attached hydrogens (tertiary/aromatic N) is 4. The largest absolute Gasteiger partial charge is 0.385 e. The van der Waals surface area contributed by atoms with E-state index < -0.39 is 0 Å². The first-order valence-corrected chi connectivity index (χ1v) is 6.62. The molecule has 7 heteroatoms. The minimum atomic E-state index is 0.767. The molecule has 0 spiro atoms. The van der Waals surface area contributed by atoms with Crippen molar-refractivity contribution in [1.82, 2.24) is 25.4 Å². The zero-order chi connectivity index (χ0) is 13.8. The molecule has 0 aliphatic heterocycles. The highest BCUT2D eigenvalue weighted by molar-refractivity contribution is 5.79. The van der Waals surface area contributed by atoms with Crippen LogP contribution in [0.2, 0.25) is 0 Å². The molecule has 0 aromatic carbocycles. The van der Waals surface area contributed by atoms with Crippen molar-refractivity contribution < 1.29 is 4.74 Å². The van der Waals surface area contributed by atoms with Crippen LogP contribution in [0.3, 0.4) is 0 Å². The molecule has 0 saturated heterocycles. The van der Waals surface area contributed by atoms with Gasteiger partial charge >= 0.3 is 0 Å². The average Bonchev–Trinajstić information content (AvgIpc) is 2.94. The van der Waals surface area contributed by atoms with Crippen molar-refractivity contribution in [3.8, 4) is 0 Å². The third-order valence-electron chi connectivity index (χ3n) is 2.64. The van der Waals surface area contributed by atoms with E-state index in [1.165, 1.54) is 0 Å². The SMILES string of the molecule is CN=C(NCCCCn1cnnc1)NCCCOC. The first-order valence-electron chi connectivity index (χ1n) is 6.62. The molecule has 0 fully saturated rings. The summed E-state index contributed by atoms with van der Waals surface area (Å²) in [5.41, 5.74) is 0. The van der Waals surface area contributed by atoms with Crippen LogP contribution in [0.1, 0.15) is 19.3 Å². The molecule has 0 unspecified atom stereocenters. The van der Waals surface area contributed by atoms with Crippen molar-refractivity contribution in [2.45, 2.75) is 25.8 Å². The van der Waals surface area contributed by atoms with Gasteiger partial charge in [-0.3, -0.25) is 4.99 Å². The lowest BCUT2D eigenvalue weighted by molar-refractivity contribution is 0.195. The van der Waals surface area contributed by atoms with E-state index in [1.54, 1.807) is 26.8 Å². The van der Waals surface area contributed by atoms with Crippen LogP contribution in [0.15, 0.2) is 17.6 Å². The van der Waals surface area contributed by atoms with E-state index in [0.29, 0.717) is 0 Å². The first-order chi connectivity index (χ1) is 9.36. The molecule has 0 atom stereocenters. The second kappa shape index (κ2) is 10.3. The fraction of sp³-hybridized carbons (Fsp3) is 0.750. The van der Waals surface area contributed by atoms with Gasteiger partial charge in [-0.1, -0.05) is 0 Å². The first kappa shape index (κ1) is 15.4. The van der Waals surface area contributed by atoms with Crippen LogP contribution in [0.25, 0.3) is 0 Å². The van der Waals surface area contributed by atoms with Crippen molar-refractivity contribution >= 4 is 5.96 Å². The standard InChI is InChI=1S/C12H24N6O/c1-13-12(15-7-5-9-19-2)14-6-3-4-8-18-10-16-17-11-18/h10-11H,3-9H2,1-2H3,(H2,13,14,15). The number of rotatable bonds is 9. The number of ether oxygens (including phenoxy) is 1. The minimum absolute atomic E-state index is 0.767. The number of nitrogens with one attached hydrogen (secondary N) is 2. The van der Waals surface area contributed by atoms with Crippen molar-refractivity contribution in [2.24, 2.45) is 4.99 Å². The van der Waals surface area contributed by atoms with Gasteiger partial charge in [0.1, 0.15) is 12.7 Å². The smallest absolute Gasteiger partial charge is 0.190 e. The highest BCUT2D eigenvalue weighted by Gasteiger charge is 1.96. The van der Waals surface area contributed by atoms with Crippen molar-refractivity contribution in [1.29, 1.82) is 0 Å². The van der Waals surface area contributed by atoms with E-state index in [4.69, 9.17) is 4.74 Å². The van der Waals surface area contributed by atoms with Crippen LogP contribution >= 0.6 is 0 Å². The Morgan fingerprint density at radius 2 is 1.84 bits per heavy atom. The van der Waals surface area contributed by atoms with E-state index >= 15 is 0 Å². The second-order valence-electron chi connectivity index (χ2n) is 4.18. The van der Waals surface area contributed by atoms with Crippen LogP contribution in [0.4, 0.5) is 0 Å². The Kier molecular flexibility index (Phi) is 8.37. The highest BCUT2D eigenvalue weighted by atomic mass is 16.5. The van der Waals surface area contributed by atoms with Gasteiger partial charge in [-0.05, 0) is 19.3 Å². The maximum absolute atomic E-state index is 4.99. The molecule has 1 heterocycles. The van der Waals surface area contributed by atoms with Crippen LogP contribution in [-0.4, -0.2) is 54.6 Å². The molecule has 0 aliphatic rings. The third kappa shape index (κ3) is 7.40. The minimum Gasteiger partial charge on any atom is -0.385 e. The Morgan fingerprint density at radius 1 is 1.16 bits per heavy atom. The zero-order valence-corrected chi connectivity index (χ0v) is 11.8. The number of aromatic nitrogens is 3. The van der Waals surface area contributed by atoms with Crippen LogP contribution in [0, 0.1) is 0 Å². The lowest BCUT2D eigenvalue weighted by Gasteiger charge is -2.11. The molecule has 2 N–H and O–H groups in total. The third-order valence-corrected chi connectivity index (χ3v) is 2.64. The Morgan fingerprint density at radius 3 is 2.47 bits per heavy atom. The summed E-state index contributed by atoms with van der Waals surface area (Å²) in [5, 5.41) is 14.1. The zero-order valence-electron chi connectivity index (χ0n) is 11.8. The summed E-state index contributed by atoms with van der Waals surface area (Å²) in [5.74, 6) is 0.848. The molecule has 7 nitrogen and oxygen atoms in total. The van der Waals surface area contributed by atoms with Crippen molar-refractivity contribution in [3.63, 3.8) is 0 Å². The molecule has 0 bridgehead atoms. The predicted octanol–water partition coefficient (Wildman–Crippen LogP) is 0.260. The van der Waals surface area contributed by atoms with E-state index in [0.717, 1.165) is 51.5 Å². The van der Waals surface area contributed by atoms with Gasteiger partial charge in [0.2, 0.25) is 0 Å². The Bertz CT molecular complexity index is 338. The topological polar surface area (TPSA) is 76.4 Å². The summed E-state index contributed by atoms with van der Waals surface area (Å²) in [7, 11) is 3.49. The summed E-state index contributed by atoms with van der Waals surface area (Å²) >= 11 is 0. The van der Waals surface area contributed by atoms with Crippen LogP contribution < -0.4 is 10.6 Å². The molecule has 1 aromatic rings. The van der Waals surface area contributed by atoms with Gasteiger partial charge in [0.15, 0.2) is 5.96 Å². The Hall–Kier alpha value is -1.63. The summed E-state index contributed by atoms with van der Waals surface area (Å²) in [6, 6.07) is 0. The molecule has 1 rings (SSSR count). The molecular formula is C12H24N6O. The average molecular weight is 268 g/mol. The maximum Gasteiger partial charge on any atom is 0.190 e. The molecule has 0 aliphatic carbocycles. The van der Waals surface area contributed by atoms with Crippen LogP contribution in [0.5, 0.6) is 0 Å². The monoisotopic (exact) mass is 268 g/mol. The van der Waals surface area contributed by atoms with E-state index in [2.05, 4.69) is 25.8 Å². The molecule has 1 aromatic heterocycles. The number of aliphatic imine (C=N–C) groups is 1. The fourth-order valence-electron chi connectivity index (χ4n) is 1.61. The number of hydrogen-bond donors (Lipinski definition) is 2. The predicted molar refractivity (Wildman–Crippen MR) is 75.1 cm³/mol. The van der Waals surface area contributed by atoms with Gasteiger partial charge in [-0.25, -0.2) is 0 Å². The summed E-state index contributed by atoms with van der Waals surface area (Å²) in [4.78, 5) is 4.16. The number of methoxy groups -OCH3 is 1. The Balaban J connectivity index is 2.00. The van der Waals surface area contributed by atoms with E-state index in [9.17, 15) is 0 Å². The molecule has 0 amide bonds. The van der Waals surface area contributed by atoms with Crippen molar-refractivity contribution in [2.75, 3.05) is 33.9 Å². The van der Waals surface area contributed by atoms with Crippen molar-refractivity contribution in [3.05, 3.63) is 12.7 Å². The van der Waals surface area contributed by atoms with Gasteiger partial charge in [-0.15, -0.1) is 10.2 Å². The van der Waals surface area contributed by atoms with Gasteiger partial charge in [0.25, 0.3) is 0 Å². The maximum atomic E-state index is 4.99. The number of guanidine groups is 1.